The van der Waals surface area contributed by atoms with Crippen LogP contribution in [0.25, 0.3) is 21.6 Å². The molecule has 3 rings (SSSR count). The molecular weight excluding hydrogens is 268 g/mol. The number of nitrogens with zero attached hydrogens (tertiary/aromatic N) is 2. The second-order valence-electron chi connectivity index (χ2n) is 4.51. The van der Waals surface area contributed by atoms with E-state index in [9.17, 15) is 0 Å². The number of ether oxygens (including phenoxy) is 1. The molecule has 0 amide bonds. The van der Waals surface area contributed by atoms with Crippen molar-refractivity contribution in [1.29, 1.82) is 0 Å². The molecule has 2 aromatic heterocycles. The Balaban J connectivity index is 0.00000147. The molecule has 0 radical (unpaired) electrons. The number of hydrogen-bond acceptors (Lipinski definition) is 4. The van der Waals surface area contributed by atoms with Gasteiger partial charge in [0.15, 0.2) is 0 Å². The first-order valence-electron chi connectivity index (χ1n) is 6.21. The molecular formula is C16H18N2OS. The maximum Gasteiger partial charge on any atom is 0.242 e. The Kier molecular flexibility index (Phi) is 4.35. The van der Waals surface area contributed by atoms with Crippen LogP contribution in [0.15, 0.2) is 41.8 Å². The minimum Gasteiger partial charge on any atom is -0.473 e. The first-order chi connectivity index (χ1) is 9.24. The lowest BCUT2D eigenvalue weighted by molar-refractivity contribution is 0.234. The Morgan fingerprint density at radius 3 is 2.30 bits per heavy atom. The van der Waals surface area contributed by atoms with Gasteiger partial charge in [-0.2, -0.15) is 0 Å². The Bertz CT molecular complexity index is 693. The van der Waals surface area contributed by atoms with Gasteiger partial charge in [-0.3, -0.25) is 0 Å². The first-order valence-corrected chi connectivity index (χ1v) is 7.09. The van der Waals surface area contributed by atoms with Crippen molar-refractivity contribution in [3.05, 3.63) is 41.8 Å². The van der Waals surface area contributed by atoms with Crippen LogP contribution in [0.2, 0.25) is 0 Å². The van der Waals surface area contributed by atoms with E-state index in [0.717, 1.165) is 21.6 Å². The molecule has 20 heavy (non-hydrogen) atoms. The predicted octanol–water partition coefficient (Wildman–Crippen LogP) is 4.78. The lowest BCUT2D eigenvalue weighted by Crippen LogP contribution is -2.08. The number of rotatable bonds is 3. The standard InChI is InChI=1S/C15H14N2OS.CH4/c1-10(2)18-15-14(13-8-5-9-19-13)16-11-6-3-4-7-12(11)17-15;/h3-10H,1-2H3;1H4. The van der Waals surface area contributed by atoms with Crippen LogP contribution < -0.4 is 4.74 Å². The summed E-state index contributed by atoms with van der Waals surface area (Å²) in [6, 6.07) is 11.9. The minimum atomic E-state index is 0. The largest absolute Gasteiger partial charge is 0.473 e. The van der Waals surface area contributed by atoms with Gasteiger partial charge in [-0.1, -0.05) is 25.6 Å². The fraction of sp³-hybridized carbons (Fsp3) is 0.250. The van der Waals surface area contributed by atoms with E-state index in [1.165, 1.54) is 0 Å². The number of hydrogen-bond donors (Lipinski definition) is 0. The van der Waals surface area contributed by atoms with Gasteiger partial charge in [0.25, 0.3) is 0 Å². The van der Waals surface area contributed by atoms with Crippen LogP contribution in [0.1, 0.15) is 21.3 Å². The predicted molar refractivity (Wildman–Crippen MR) is 85.3 cm³/mol. The van der Waals surface area contributed by atoms with E-state index >= 15 is 0 Å². The molecule has 4 heteroatoms. The van der Waals surface area contributed by atoms with Crippen LogP contribution in [0, 0.1) is 0 Å². The van der Waals surface area contributed by atoms with Crippen LogP contribution in [0.5, 0.6) is 5.88 Å². The zero-order chi connectivity index (χ0) is 13.2. The second kappa shape index (κ2) is 6.01. The van der Waals surface area contributed by atoms with E-state index in [4.69, 9.17) is 9.72 Å². The monoisotopic (exact) mass is 286 g/mol. The van der Waals surface area contributed by atoms with E-state index < -0.39 is 0 Å². The minimum absolute atomic E-state index is 0. The van der Waals surface area contributed by atoms with Crippen molar-refractivity contribution in [3.8, 4) is 16.5 Å². The number of aromatic nitrogens is 2. The summed E-state index contributed by atoms with van der Waals surface area (Å²) in [6.07, 6.45) is 0.0779. The van der Waals surface area contributed by atoms with E-state index in [1.807, 2.05) is 55.6 Å². The highest BCUT2D eigenvalue weighted by Crippen LogP contribution is 2.32. The summed E-state index contributed by atoms with van der Waals surface area (Å²) in [5.74, 6) is 0.608. The van der Waals surface area contributed by atoms with E-state index in [2.05, 4.69) is 4.98 Å². The van der Waals surface area contributed by atoms with Crippen molar-refractivity contribution < 1.29 is 4.74 Å². The Hall–Kier alpha value is -1.94. The topological polar surface area (TPSA) is 35.0 Å². The molecule has 104 valence electrons. The zero-order valence-corrected chi connectivity index (χ0v) is 11.6. The summed E-state index contributed by atoms with van der Waals surface area (Å²) in [4.78, 5) is 10.4. The van der Waals surface area contributed by atoms with Gasteiger partial charge in [0, 0.05) is 0 Å². The highest BCUT2D eigenvalue weighted by Gasteiger charge is 2.14. The average molecular weight is 286 g/mol. The number of benzene rings is 1. The fourth-order valence-electron chi connectivity index (χ4n) is 1.86. The third kappa shape index (κ3) is 2.80. The van der Waals surface area contributed by atoms with Crippen LogP contribution in [0.4, 0.5) is 0 Å². The second-order valence-corrected chi connectivity index (χ2v) is 5.46. The average Bonchev–Trinajstić information content (AvgIpc) is 2.91. The smallest absolute Gasteiger partial charge is 0.242 e. The van der Waals surface area contributed by atoms with Gasteiger partial charge in [-0.15, -0.1) is 11.3 Å². The molecule has 0 saturated carbocycles. The Morgan fingerprint density at radius 2 is 1.70 bits per heavy atom. The Morgan fingerprint density at radius 1 is 1.00 bits per heavy atom. The summed E-state index contributed by atoms with van der Waals surface area (Å²) < 4.78 is 5.81. The van der Waals surface area contributed by atoms with Crippen molar-refractivity contribution in [1.82, 2.24) is 9.97 Å². The van der Waals surface area contributed by atoms with Gasteiger partial charge >= 0.3 is 0 Å². The normalized spacial score (nSPS) is 10.6. The number of para-hydroxylation sites is 2. The molecule has 0 aliphatic carbocycles. The van der Waals surface area contributed by atoms with Gasteiger partial charge in [-0.05, 0) is 37.4 Å². The van der Waals surface area contributed by atoms with Crippen molar-refractivity contribution in [2.24, 2.45) is 0 Å². The highest BCUT2D eigenvalue weighted by molar-refractivity contribution is 7.13. The maximum atomic E-state index is 5.81. The summed E-state index contributed by atoms with van der Waals surface area (Å²) in [5, 5.41) is 2.03. The molecule has 3 nitrogen and oxygen atoms in total. The number of thiophene rings is 1. The highest BCUT2D eigenvalue weighted by atomic mass is 32.1. The van der Waals surface area contributed by atoms with Crippen LogP contribution in [0.3, 0.4) is 0 Å². The molecule has 0 aliphatic rings. The van der Waals surface area contributed by atoms with Crippen molar-refractivity contribution in [2.75, 3.05) is 0 Å². The van der Waals surface area contributed by atoms with Gasteiger partial charge in [0.1, 0.15) is 5.69 Å². The molecule has 0 saturated heterocycles. The van der Waals surface area contributed by atoms with Crippen LogP contribution in [-0.2, 0) is 0 Å². The van der Waals surface area contributed by atoms with E-state index in [1.54, 1.807) is 11.3 Å². The molecule has 0 unspecified atom stereocenters. The SMILES string of the molecule is C.CC(C)Oc1nc2ccccc2nc1-c1cccs1. The molecule has 0 fully saturated rings. The quantitative estimate of drug-likeness (QED) is 0.695. The van der Waals surface area contributed by atoms with Crippen molar-refractivity contribution >= 4 is 22.4 Å². The summed E-state index contributed by atoms with van der Waals surface area (Å²) >= 11 is 1.64. The molecule has 1 aromatic carbocycles. The third-order valence-corrected chi connectivity index (χ3v) is 3.52. The lowest BCUT2D eigenvalue weighted by atomic mass is 10.2. The van der Waals surface area contributed by atoms with Crippen LogP contribution in [-0.4, -0.2) is 16.1 Å². The summed E-state index contributed by atoms with van der Waals surface area (Å²) in [7, 11) is 0. The maximum absolute atomic E-state index is 5.81. The van der Waals surface area contributed by atoms with Gasteiger partial charge in [0.2, 0.25) is 5.88 Å². The lowest BCUT2D eigenvalue weighted by Gasteiger charge is -2.12. The van der Waals surface area contributed by atoms with E-state index in [0.29, 0.717) is 5.88 Å². The molecule has 0 aliphatic heterocycles. The van der Waals surface area contributed by atoms with Gasteiger partial charge in [-0.25, -0.2) is 9.97 Å². The van der Waals surface area contributed by atoms with Gasteiger partial charge < -0.3 is 4.74 Å². The fourth-order valence-corrected chi connectivity index (χ4v) is 2.57. The third-order valence-electron chi connectivity index (χ3n) is 2.64. The summed E-state index contributed by atoms with van der Waals surface area (Å²) in [6.45, 7) is 3.99. The molecule has 0 N–H and O–H groups in total. The summed E-state index contributed by atoms with van der Waals surface area (Å²) in [5.41, 5.74) is 2.57. The molecule has 0 spiro atoms. The Labute approximate surface area is 123 Å². The number of fused-ring (bicyclic) bond motifs is 1. The van der Waals surface area contributed by atoms with E-state index in [-0.39, 0.29) is 13.5 Å². The molecule has 0 bridgehead atoms. The van der Waals surface area contributed by atoms with Crippen molar-refractivity contribution in [2.45, 2.75) is 27.4 Å². The molecule has 0 atom stereocenters. The van der Waals surface area contributed by atoms with Crippen molar-refractivity contribution in [3.63, 3.8) is 0 Å². The first kappa shape index (κ1) is 14.5. The molecule has 3 aromatic rings. The zero-order valence-electron chi connectivity index (χ0n) is 10.8. The molecule has 2 heterocycles. The van der Waals surface area contributed by atoms with Crippen LogP contribution >= 0.6 is 11.3 Å². The van der Waals surface area contributed by atoms with Gasteiger partial charge in [0.05, 0.1) is 22.0 Å².